The minimum atomic E-state index is -0.320. The van der Waals surface area contributed by atoms with E-state index in [1.54, 1.807) is 0 Å². The number of nitrogens with one attached hydrogen (secondary N) is 1. The van der Waals surface area contributed by atoms with Crippen molar-refractivity contribution >= 4 is 5.70 Å². The van der Waals surface area contributed by atoms with Gasteiger partial charge < -0.3 is 14.2 Å². The van der Waals surface area contributed by atoms with Gasteiger partial charge >= 0.3 is 0 Å². The topological polar surface area (TPSA) is 49.0 Å². The van der Waals surface area contributed by atoms with Crippen molar-refractivity contribution in [2.45, 2.75) is 57.2 Å². The maximum atomic E-state index is 6.28. The van der Waals surface area contributed by atoms with E-state index in [2.05, 4.69) is 30.6 Å². The second kappa shape index (κ2) is 7.26. The zero-order valence-electron chi connectivity index (χ0n) is 14.9. The van der Waals surface area contributed by atoms with Crippen LogP contribution in [-0.2, 0) is 9.57 Å². The van der Waals surface area contributed by atoms with Gasteiger partial charge in [0.1, 0.15) is 5.60 Å². The van der Waals surface area contributed by atoms with Crippen molar-refractivity contribution in [2.75, 3.05) is 19.8 Å². The summed E-state index contributed by atoms with van der Waals surface area (Å²) in [4.78, 5) is 5.80. The summed E-state index contributed by atoms with van der Waals surface area (Å²) in [6.45, 7) is 4.16. The molecule has 5 nitrogen and oxygen atoms in total. The Labute approximate surface area is 149 Å². The lowest BCUT2D eigenvalue weighted by Crippen LogP contribution is -2.29. The largest absolute Gasteiger partial charge is 0.490 e. The molecule has 1 saturated heterocycles. The van der Waals surface area contributed by atoms with Crippen molar-refractivity contribution in [1.82, 2.24) is 5.48 Å². The summed E-state index contributed by atoms with van der Waals surface area (Å²) >= 11 is 0. The molecule has 2 aliphatic heterocycles. The Morgan fingerprint density at radius 3 is 2.88 bits per heavy atom. The molecule has 5 heteroatoms. The Morgan fingerprint density at radius 2 is 2.12 bits per heavy atom. The Bertz CT molecular complexity index is 631. The van der Waals surface area contributed by atoms with Gasteiger partial charge in [0, 0.05) is 18.6 Å². The summed E-state index contributed by atoms with van der Waals surface area (Å²) in [5.74, 6) is 1.67. The smallest absolute Gasteiger partial charge is 0.162 e. The molecule has 136 valence electrons. The summed E-state index contributed by atoms with van der Waals surface area (Å²) in [5, 5.41) is 0. The molecule has 3 aliphatic rings. The van der Waals surface area contributed by atoms with Gasteiger partial charge in [-0.1, -0.05) is 6.92 Å². The summed E-state index contributed by atoms with van der Waals surface area (Å²) in [6.07, 6.45) is 9.05. The molecule has 0 radical (unpaired) electrons. The van der Waals surface area contributed by atoms with E-state index in [1.807, 2.05) is 6.07 Å². The highest BCUT2D eigenvalue weighted by molar-refractivity contribution is 5.68. The average molecular weight is 345 g/mol. The van der Waals surface area contributed by atoms with E-state index < -0.39 is 0 Å². The lowest BCUT2D eigenvalue weighted by molar-refractivity contribution is -0.0373. The highest BCUT2D eigenvalue weighted by Gasteiger charge is 2.39. The number of benzene rings is 1. The zero-order chi connectivity index (χ0) is 17.1. The van der Waals surface area contributed by atoms with E-state index in [9.17, 15) is 0 Å². The van der Waals surface area contributed by atoms with Crippen LogP contribution in [0.5, 0.6) is 11.5 Å². The Hall–Kier alpha value is -1.72. The molecule has 1 N–H and O–H groups in total. The molecule has 1 unspecified atom stereocenters. The molecule has 1 spiro atoms. The van der Waals surface area contributed by atoms with Crippen LogP contribution in [0, 0.1) is 0 Å². The van der Waals surface area contributed by atoms with Crippen LogP contribution in [0.3, 0.4) is 0 Å². The number of rotatable bonds is 6. The van der Waals surface area contributed by atoms with Crippen LogP contribution >= 0.6 is 0 Å². The maximum Gasteiger partial charge on any atom is 0.162 e. The van der Waals surface area contributed by atoms with Gasteiger partial charge in [-0.05, 0) is 56.4 Å². The van der Waals surface area contributed by atoms with Crippen molar-refractivity contribution in [2.24, 2.45) is 0 Å². The predicted molar refractivity (Wildman–Crippen MR) is 95.5 cm³/mol. The molecule has 1 aromatic rings. The average Bonchev–Trinajstić information content (AvgIpc) is 3.38. The Balaban J connectivity index is 1.58. The normalized spacial score (nSPS) is 26.0. The van der Waals surface area contributed by atoms with Crippen molar-refractivity contribution in [3.63, 3.8) is 0 Å². The Kier molecular flexibility index (Phi) is 4.86. The molecule has 4 rings (SSSR count). The van der Waals surface area contributed by atoms with Gasteiger partial charge in [0.2, 0.25) is 0 Å². The lowest BCUT2D eigenvalue weighted by atomic mass is 10.0. The minimum absolute atomic E-state index is 0.301. The van der Waals surface area contributed by atoms with E-state index >= 15 is 0 Å². The van der Waals surface area contributed by atoms with E-state index in [0.29, 0.717) is 19.3 Å². The Morgan fingerprint density at radius 1 is 1.24 bits per heavy atom. The van der Waals surface area contributed by atoms with Gasteiger partial charge in [0.15, 0.2) is 11.5 Å². The van der Waals surface area contributed by atoms with Gasteiger partial charge in [-0.15, -0.1) is 0 Å². The third kappa shape index (κ3) is 3.62. The maximum absolute atomic E-state index is 6.28. The fourth-order valence-electron chi connectivity index (χ4n) is 3.66. The van der Waals surface area contributed by atoms with Crippen LogP contribution < -0.4 is 15.0 Å². The second-order valence-corrected chi connectivity index (χ2v) is 7.16. The molecule has 0 bridgehead atoms. The molecule has 25 heavy (non-hydrogen) atoms. The van der Waals surface area contributed by atoms with Gasteiger partial charge in [-0.3, -0.25) is 10.3 Å². The molecule has 1 aromatic carbocycles. The third-order valence-electron chi connectivity index (χ3n) is 5.10. The van der Waals surface area contributed by atoms with Crippen molar-refractivity contribution in [1.29, 1.82) is 0 Å². The quantitative estimate of drug-likeness (QED) is 0.849. The molecule has 1 aliphatic carbocycles. The van der Waals surface area contributed by atoms with E-state index in [4.69, 9.17) is 19.0 Å². The summed E-state index contributed by atoms with van der Waals surface area (Å²) in [5.41, 5.74) is 4.79. The van der Waals surface area contributed by atoms with Crippen LogP contribution in [0.2, 0.25) is 0 Å². The molecule has 1 saturated carbocycles. The summed E-state index contributed by atoms with van der Waals surface area (Å²) in [6, 6.07) is 6.14. The molecule has 2 heterocycles. The van der Waals surface area contributed by atoms with Gasteiger partial charge in [-0.25, -0.2) is 0 Å². The predicted octanol–water partition coefficient (Wildman–Crippen LogP) is 3.83. The third-order valence-corrected chi connectivity index (χ3v) is 5.10. The number of hydrogen-bond donors (Lipinski definition) is 1. The van der Waals surface area contributed by atoms with Gasteiger partial charge in [-0.2, -0.15) is 0 Å². The lowest BCUT2D eigenvalue weighted by Gasteiger charge is -2.18. The van der Waals surface area contributed by atoms with Gasteiger partial charge in [0.25, 0.3) is 0 Å². The van der Waals surface area contributed by atoms with E-state index in [0.717, 1.165) is 55.0 Å². The first-order chi connectivity index (χ1) is 12.3. The standard InChI is InChI=1S/C20H27NO4/c1-2-10-23-18-8-7-15(12-19(18)24-16-5-3-4-6-16)17-13-20(25-21-17)9-11-22-14-20/h7-8,12-13,16,21H,2-6,9-11,14H2,1H3. The highest BCUT2D eigenvalue weighted by Crippen LogP contribution is 2.37. The van der Waals surface area contributed by atoms with E-state index in [-0.39, 0.29) is 5.60 Å². The van der Waals surface area contributed by atoms with Gasteiger partial charge in [0.05, 0.1) is 25.0 Å². The minimum Gasteiger partial charge on any atom is -0.490 e. The highest BCUT2D eigenvalue weighted by atomic mass is 16.7. The summed E-state index contributed by atoms with van der Waals surface area (Å²) in [7, 11) is 0. The second-order valence-electron chi connectivity index (χ2n) is 7.16. The molecule has 0 aromatic heterocycles. The number of hydrogen-bond acceptors (Lipinski definition) is 5. The van der Waals surface area contributed by atoms with Crippen molar-refractivity contribution in [3.05, 3.63) is 29.8 Å². The fourth-order valence-corrected chi connectivity index (χ4v) is 3.66. The monoisotopic (exact) mass is 345 g/mol. The molecular weight excluding hydrogens is 318 g/mol. The first-order valence-corrected chi connectivity index (χ1v) is 9.46. The first kappa shape index (κ1) is 16.7. The van der Waals surface area contributed by atoms with E-state index in [1.165, 1.54) is 12.8 Å². The summed E-state index contributed by atoms with van der Waals surface area (Å²) < 4.78 is 17.7. The fraction of sp³-hybridized carbons (Fsp3) is 0.600. The van der Waals surface area contributed by atoms with Crippen LogP contribution in [0.4, 0.5) is 0 Å². The zero-order valence-corrected chi connectivity index (χ0v) is 14.9. The number of ether oxygens (including phenoxy) is 3. The SMILES string of the molecule is CCCOc1ccc(C2=CC3(CCOC3)ON2)cc1OC1CCCC1. The van der Waals surface area contributed by atoms with Crippen LogP contribution in [-0.4, -0.2) is 31.5 Å². The van der Waals surface area contributed by atoms with Crippen LogP contribution in [0.1, 0.15) is 51.0 Å². The number of hydroxylamine groups is 1. The van der Waals surface area contributed by atoms with Crippen LogP contribution in [0.15, 0.2) is 24.3 Å². The van der Waals surface area contributed by atoms with Crippen LogP contribution in [0.25, 0.3) is 5.70 Å². The molecular formula is C20H27NO4. The van der Waals surface area contributed by atoms with Crippen molar-refractivity contribution < 1.29 is 19.0 Å². The molecule has 1 atom stereocenters. The molecule has 2 fully saturated rings. The van der Waals surface area contributed by atoms with Crippen molar-refractivity contribution in [3.8, 4) is 11.5 Å². The molecule has 0 amide bonds. The first-order valence-electron chi connectivity index (χ1n) is 9.46.